The summed E-state index contributed by atoms with van der Waals surface area (Å²) in [5.41, 5.74) is 4.59. The second kappa shape index (κ2) is 9.02. The fourth-order valence-corrected chi connectivity index (χ4v) is 3.47. The summed E-state index contributed by atoms with van der Waals surface area (Å²) in [5.74, 6) is 0.841. The molecule has 0 atom stereocenters. The molecule has 3 aromatic rings. The lowest BCUT2D eigenvalue weighted by atomic mass is 10.1. The third-order valence-electron chi connectivity index (χ3n) is 4.09. The minimum absolute atomic E-state index is 0.517. The molecule has 0 saturated carbocycles. The molecule has 4 nitrogen and oxygen atoms in total. The summed E-state index contributed by atoms with van der Waals surface area (Å²) in [6, 6.07) is 18.2. The quantitative estimate of drug-likeness (QED) is 0.534. The molecule has 0 aliphatic heterocycles. The van der Waals surface area contributed by atoms with E-state index in [2.05, 4.69) is 29.4 Å². The molecule has 1 N–H and O–H groups in total. The number of ether oxygens (including phenoxy) is 1. The maximum Gasteiger partial charge on any atom is 0.136 e. The van der Waals surface area contributed by atoms with Crippen LogP contribution < -0.4 is 10.1 Å². The van der Waals surface area contributed by atoms with E-state index in [1.807, 2.05) is 54.8 Å². The highest BCUT2D eigenvalue weighted by Gasteiger charge is 2.09. The highest BCUT2D eigenvalue weighted by molar-refractivity contribution is 7.11. The number of hydrogen-bond donors (Lipinski definition) is 1. The van der Waals surface area contributed by atoms with Crippen molar-refractivity contribution in [3.8, 4) is 23.1 Å². The van der Waals surface area contributed by atoms with Crippen molar-refractivity contribution in [2.24, 2.45) is 0 Å². The highest BCUT2D eigenvalue weighted by atomic mass is 32.1. The number of allylic oxidation sites excluding steroid dienone is 1. The van der Waals surface area contributed by atoms with Crippen LogP contribution in [0.5, 0.6) is 5.75 Å². The fourth-order valence-electron chi connectivity index (χ4n) is 2.68. The molecule has 0 aliphatic rings. The van der Waals surface area contributed by atoms with Crippen LogP contribution in [0.25, 0.3) is 16.8 Å². The van der Waals surface area contributed by atoms with Gasteiger partial charge in [-0.2, -0.15) is 5.26 Å². The lowest BCUT2D eigenvalue weighted by Crippen LogP contribution is -1.95. The molecule has 1 aromatic heterocycles. The van der Waals surface area contributed by atoms with Gasteiger partial charge in [0.15, 0.2) is 0 Å². The largest absolute Gasteiger partial charge is 0.494 e. The number of thiazole rings is 1. The highest BCUT2D eigenvalue weighted by Crippen LogP contribution is 2.27. The zero-order valence-electron chi connectivity index (χ0n) is 15.4. The lowest BCUT2D eigenvalue weighted by molar-refractivity contribution is 0.340. The van der Waals surface area contributed by atoms with E-state index < -0.39 is 0 Å². The Hall–Kier alpha value is -3.10. The Labute approximate surface area is 163 Å². The van der Waals surface area contributed by atoms with Crippen molar-refractivity contribution in [3.63, 3.8) is 0 Å². The topological polar surface area (TPSA) is 57.9 Å². The number of para-hydroxylation sites is 1. The number of benzene rings is 2. The van der Waals surface area contributed by atoms with Crippen molar-refractivity contribution in [3.05, 3.63) is 70.7 Å². The number of anilines is 1. The summed E-state index contributed by atoms with van der Waals surface area (Å²) < 4.78 is 5.47. The van der Waals surface area contributed by atoms with Crippen LogP contribution in [-0.4, -0.2) is 11.6 Å². The first-order valence-corrected chi connectivity index (χ1v) is 9.77. The summed E-state index contributed by atoms with van der Waals surface area (Å²) in [6.07, 6.45) is 2.66. The molecule has 0 unspecified atom stereocenters. The average Bonchev–Trinajstić information content (AvgIpc) is 3.19. The number of hydrogen-bond acceptors (Lipinski definition) is 5. The van der Waals surface area contributed by atoms with Gasteiger partial charge in [0.05, 0.1) is 12.3 Å². The van der Waals surface area contributed by atoms with E-state index in [9.17, 15) is 5.26 Å². The van der Waals surface area contributed by atoms with Gasteiger partial charge in [-0.1, -0.05) is 25.1 Å². The Bertz CT molecular complexity index is 968. The molecule has 0 bridgehead atoms. The van der Waals surface area contributed by atoms with Gasteiger partial charge >= 0.3 is 0 Å². The maximum atomic E-state index is 9.55. The van der Waals surface area contributed by atoms with Crippen molar-refractivity contribution in [1.29, 1.82) is 5.26 Å². The van der Waals surface area contributed by atoms with Gasteiger partial charge in [0.1, 0.15) is 22.4 Å². The van der Waals surface area contributed by atoms with Gasteiger partial charge in [-0.3, -0.25) is 0 Å². The molecule has 0 fully saturated rings. The standard InChI is InChI=1S/C22H21N3OS/c1-3-16-7-5-6-8-20(16)24-14-18(13-23)22-25-21(15-27-22)17-9-11-19(12-10-17)26-4-2/h5-12,14-15,24H,3-4H2,1-2H3/b18-14-. The van der Waals surface area contributed by atoms with Gasteiger partial charge in [0, 0.05) is 22.8 Å². The van der Waals surface area contributed by atoms with Crippen LogP contribution in [-0.2, 0) is 6.42 Å². The van der Waals surface area contributed by atoms with Crippen LogP contribution in [0.15, 0.2) is 60.1 Å². The third-order valence-corrected chi connectivity index (χ3v) is 4.96. The number of nitrogens with one attached hydrogen (secondary N) is 1. The normalized spacial score (nSPS) is 11.1. The van der Waals surface area contributed by atoms with E-state index in [-0.39, 0.29) is 0 Å². The van der Waals surface area contributed by atoms with E-state index in [0.717, 1.165) is 29.1 Å². The minimum Gasteiger partial charge on any atom is -0.494 e. The van der Waals surface area contributed by atoms with Gasteiger partial charge in [-0.05, 0) is 49.2 Å². The Morgan fingerprint density at radius 1 is 1.19 bits per heavy atom. The monoisotopic (exact) mass is 375 g/mol. The maximum absolute atomic E-state index is 9.55. The predicted octanol–water partition coefficient (Wildman–Crippen LogP) is 5.75. The Balaban J connectivity index is 1.80. The van der Waals surface area contributed by atoms with Gasteiger partial charge in [0.2, 0.25) is 0 Å². The van der Waals surface area contributed by atoms with E-state index >= 15 is 0 Å². The van der Waals surface area contributed by atoms with E-state index in [1.165, 1.54) is 16.9 Å². The zero-order chi connectivity index (χ0) is 19.1. The molecule has 5 heteroatoms. The predicted molar refractivity (Wildman–Crippen MR) is 112 cm³/mol. The molecular weight excluding hydrogens is 354 g/mol. The molecule has 0 spiro atoms. The van der Waals surface area contributed by atoms with E-state index in [0.29, 0.717) is 17.2 Å². The van der Waals surface area contributed by atoms with Crippen LogP contribution in [0.3, 0.4) is 0 Å². The molecule has 0 amide bonds. The van der Waals surface area contributed by atoms with Crippen molar-refractivity contribution >= 4 is 22.6 Å². The smallest absolute Gasteiger partial charge is 0.136 e. The Morgan fingerprint density at radius 3 is 2.67 bits per heavy atom. The van der Waals surface area contributed by atoms with Gasteiger partial charge in [-0.15, -0.1) is 11.3 Å². The second-order valence-corrected chi connectivity index (χ2v) is 6.68. The van der Waals surface area contributed by atoms with Crippen LogP contribution in [0.4, 0.5) is 5.69 Å². The average molecular weight is 375 g/mol. The number of aryl methyl sites for hydroxylation is 1. The summed E-state index contributed by atoms with van der Waals surface area (Å²) in [4.78, 5) is 4.63. The number of rotatable bonds is 7. The molecule has 0 saturated heterocycles. The zero-order valence-corrected chi connectivity index (χ0v) is 16.2. The molecular formula is C22H21N3OS. The molecule has 0 aliphatic carbocycles. The summed E-state index contributed by atoms with van der Waals surface area (Å²) in [7, 11) is 0. The number of nitrogens with zero attached hydrogens (tertiary/aromatic N) is 2. The van der Waals surface area contributed by atoms with Crippen molar-refractivity contribution in [1.82, 2.24) is 4.98 Å². The molecule has 3 rings (SSSR count). The van der Waals surface area contributed by atoms with Crippen molar-refractivity contribution < 1.29 is 4.74 Å². The number of nitriles is 1. The molecule has 1 heterocycles. The SMILES string of the molecule is CCOc1ccc(-c2csc(/C(C#N)=C\Nc3ccccc3CC)n2)cc1. The second-order valence-electron chi connectivity index (χ2n) is 5.82. The summed E-state index contributed by atoms with van der Waals surface area (Å²) >= 11 is 1.46. The van der Waals surface area contributed by atoms with Crippen molar-refractivity contribution in [2.75, 3.05) is 11.9 Å². The van der Waals surface area contributed by atoms with Crippen LogP contribution in [0.1, 0.15) is 24.4 Å². The Kier molecular flexibility index (Phi) is 6.24. The molecule has 27 heavy (non-hydrogen) atoms. The first-order chi connectivity index (χ1) is 13.2. The molecule has 2 aromatic carbocycles. The van der Waals surface area contributed by atoms with Gasteiger partial charge < -0.3 is 10.1 Å². The van der Waals surface area contributed by atoms with E-state index in [4.69, 9.17) is 4.74 Å². The molecule has 0 radical (unpaired) electrons. The number of aromatic nitrogens is 1. The lowest BCUT2D eigenvalue weighted by Gasteiger charge is -2.07. The molecule has 136 valence electrons. The first-order valence-electron chi connectivity index (χ1n) is 8.89. The van der Waals surface area contributed by atoms with Crippen LogP contribution >= 0.6 is 11.3 Å². The fraction of sp³-hybridized carbons (Fsp3) is 0.182. The first kappa shape index (κ1) is 18.7. The van der Waals surface area contributed by atoms with Gasteiger partial charge in [0.25, 0.3) is 0 Å². The van der Waals surface area contributed by atoms with E-state index in [1.54, 1.807) is 6.20 Å². The summed E-state index contributed by atoms with van der Waals surface area (Å²) in [5, 5.41) is 15.5. The van der Waals surface area contributed by atoms with Crippen LogP contribution in [0, 0.1) is 11.3 Å². The van der Waals surface area contributed by atoms with Crippen molar-refractivity contribution in [2.45, 2.75) is 20.3 Å². The summed E-state index contributed by atoms with van der Waals surface area (Å²) in [6.45, 7) is 4.72. The Morgan fingerprint density at radius 2 is 1.96 bits per heavy atom. The minimum atomic E-state index is 0.517. The third kappa shape index (κ3) is 4.55. The van der Waals surface area contributed by atoms with Gasteiger partial charge in [-0.25, -0.2) is 4.98 Å². The van der Waals surface area contributed by atoms with Crippen LogP contribution in [0.2, 0.25) is 0 Å².